The number of benzene rings is 1. The molecule has 3 heterocycles. The summed E-state index contributed by atoms with van der Waals surface area (Å²) in [6.45, 7) is 0. The normalized spacial score (nSPS) is 11.2. The Hall–Kier alpha value is -2.42. The Balaban J connectivity index is 1.96. The van der Waals surface area contributed by atoms with Crippen molar-refractivity contribution in [1.82, 2.24) is 25.1 Å². The first-order valence-corrected chi connectivity index (χ1v) is 8.29. The minimum atomic E-state index is 0.159. The van der Waals surface area contributed by atoms with Crippen LogP contribution in [-0.4, -0.2) is 25.1 Å². The number of nitrogens with zero attached hydrogens (tertiary/aromatic N) is 4. The van der Waals surface area contributed by atoms with E-state index in [1.54, 1.807) is 18.2 Å². The molecule has 1 aromatic carbocycles. The van der Waals surface area contributed by atoms with E-state index in [0.717, 1.165) is 15.8 Å². The summed E-state index contributed by atoms with van der Waals surface area (Å²) in [5.41, 5.74) is 12.8. The highest BCUT2D eigenvalue weighted by atomic mass is 35.5. The molecule has 10 heteroatoms. The van der Waals surface area contributed by atoms with Crippen LogP contribution in [0, 0.1) is 0 Å². The first kappa shape index (κ1) is 15.1. The van der Waals surface area contributed by atoms with Crippen LogP contribution >= 0.6 is 34.5 Å². The lowest BCUT2D eigenvalue weighted by Crippen LogP contribution is -1.96. The van der Waals surface area contributed by atoms with Crippen molar-refractivity contribution in [2.45, 2.75) is 0 Å². The molecule has 5 N–H and O–H groups in total. The van der Waals surface area contributed by atoms with Gasteiger partial charge in [-0.05, 0) is 24.3 Å². The van der Waals surface area contributed by atoms with Crippen LogP contribution < -0.4 is 11.5 Å². The molecule has 0 spiro atoms. The summed E-state index contributed by atoms with van der Waals surface area (Å²) in [6.07, 6.45) is 0. The molecule has 0 aliphatic rings. The Labute approximate surface area is 149 Å². The van der Waals surface area contributed by atoms with E-state index in [0.29, 0.717) is 26.4 Å². The quantitative estimate of drug-likeness (QED) is 0.490. The lowest BCUT2D eigenvalue weighted by atomic mass is 10.1. The zero-order valence-corrected chi connectivity index (χ0v) is 14.2. The first-order valence-electron chi connectivity index (χ1n) is 6.72. The SMILES string of the molecule is Nc1nc(-c2ccc(Cl)cc2Cl)c2cc(-c3n[nH]c(N)n3)sc2n1. The molecule has 0 atom stereocenters. The zero-order valence-electron chi connectivity index (χ0n) is 11.9. The summed E-state index contributed by atoms with van der Waals surface area (Å²) >= 11 is 13.7. The van der Waals surface area contributed by atoms with E-state index < -0.39 is 0 Å². The van der Waals surface area contributed by atoms with Gasteiger partial charge in [-0.1, -0.05) is 23.2 Å². The van der Waals surface area contributed by atoms with Crippen molar-refractivity contribution in [2.24, 2.45) is 0 Å². The molecule has 0 saturated carbocycles. The summed E-state index contributed by atoms with van der Waals surface area (Å²) in [5.74, 6) is 0.891. The first-order chi connectivity index (χ1) is 11.5. The predicted molar refractivity (Wildman–Crippen MR) is 97.1 cm³/mol. The number of halogens is 2. The second-order valence-electron chi connectivity index (χ2n) is 4.93. The van der Waals surface area contributed by atoms with Gasteiger partial charge < -0.3 is 11.5 Å². The second-order valence-corrected chi connectivity index (χ2v) is 6.80. The van der Waals surface area contributed by atoms with Crippen LogP contribution in [0.15, 0.2) is 24.3 Å². The highest BCUT2D eigenvalue weighted by Crippen LogP contribution is 2.38. The number of aromatic nitrogens is 5. The fourth-order valence-corrected chi connectivity index (χ4v) is 3.79. The molecule has 120 valence electrons. The molecule has 24 heavy (non-hydrogen) atoms. The van der Waals surface area contributed by atoms with Crippen LogP contribution in [0.25, 0.3) is 32.2 Å². The smallest absolute Gasteiger partial charge is 0.221 e. The molecular formula is C14H9Cl2N7S. The van der Waals surface area contributed by atoms with Crippen molar-refractivity contribution in [3.8, 4) is 22.0 Å². The molecule has 0 radical (unpaired) electrons. The van der Waals surface area contributed by atoms with Crippen molar-refractivity contribution in [3.63, 3.8) is 0 Å². The number of anilines is 2. The van der Waals surface area contributed by atoms with Crippen LogP contribution in [0.4, 0.5) is 11.9 Å². The van der Waals surface area contributed by atoms with Crippen LogP contribution in [-0.2, 0) is 0 Å². The summed E-state index contributed by atoms with van der Waals surface area (Å²) in [4.78, 5) is 14.3. The number of hydrogen-bond acceptors (Lipinski definition) is 7. The molecule has 4 aromatic rings. The van der Waals surface area contributed by atoms with E-state index in [4.69, 9.17) is 34.7 Å². The van der Waals surface area contributed by atoms with Gasteiger partial charge in [0.25, 0.3) is 0 Å². The highest BCUT2D eigenvalue weighted by molar-refractivity contribution is 7.21. The Morgan fingerprint density at radius 2 is 1.88 bits per heavy atom. The number of thiophene rings is 1. The standard InChI is InChI=1S/C14H9Cl2N7S/c15-5-1-2-6(8(16)3-5)10-7-4-9(11-20-14(18)23-22-11)24-12(7)21-13(17)19-10/h1-4H,(H2,17,19,21)(H3,18,20,22,23). The molecule has 0 amide bonds. The van der Waals surface area contributed by atoms with Gasteiger partial charge >= 0.3 is 0 Å². The molecule has 3 aromatic heterocycles. The highest BCUT2D eigenvalue weighted by Gasteiger charge is 2.17. The molecule has 0 fully saturated rings. The maximum absolute atomic E-state index is 6.32. The number of nitrogens with two attached hydrogens (primary N) is 2. The van der Waals surface area contributed by atoms with E-state index in [9.17, 15) is 0 Å². The van der Waals surface area contributed by atoms with Gasteiger partial charge in [-0.3, -0.25) is 0 Å². The van der Waals surface area contributed by atoms with E-state index >= 15 is 0 Å². The number of nitrogen functional groups attached to an aromatic ring is 2. The maximum Gasteiger partial charge on any atom is 0.221 e. The molecule has 0 aliphatic carbocycles. The second kappa shape index (κ2) is 5.59. The molecule has 0 bridgehead atoms. The van der Waals surface area contributed by atoms with Crippen molar-refractivity contribution >= 4 is 56.7 Å². The van der Waals surface area contributed by atoms with Gasteiger partial charge in [-0.2, -0.15) is 10.1 Å². The number of fused-ring (bicyclic) bond motifs is 1. The number of H-pyrrole nitrogens is 1. The van der Waals surface area contributed by atoms with Crippen LogP contribution in [0.3, 0.4) is 0 Å². The van der Waals surface area contributed by atoms with Crippen molar-refractivity contribution < 1.29 is 0 Å². The summed E-state index contributed by atoms with van der Waals surface area (Å²) in [6, 6.07) is 7.10. The lowest BCUT2D eigenvalue weighted by Gasteiger charge is -2.06. The molecular weight excluding hydrogens is 369 g/mol. The Bertz CT molecular complexity index is 1070. The van der Waals surface area contributed by atoms with Gasteiger partial charge in [0.15, 0.2) is 5.82 Å². The van der Waals surface area contributed by atoms with Crippen molar-refractivity contribution in [3.05, 3.63) is 34.3 Å². The summed E-state index contributed by atoms with van der Waals surface area (Å²) in [5, 5.41) is 8.50. The number of nitrogens with one attached hydrogen (secondary N) is 1. The Kier molecular flexibility index (Phi) is 3.52. The fourth-order valence-electron chi connectivity index (χ4n) is 2.32. The predicted octanol–water partition coefficient (Wildman–Crippen LogP) is 3.61. The minimum Gasteiger partial charge on any atom is -0.368 e. The van der Waals surface area contributed by atoms with E-state index in [-0.39, 0.29) is 11.9 Å². The molecule has 0 saturated heterocycles. The van der Waals surface area contributed by atoms with Gasteiger partial charge in [0.2, 0.25) is 11.9 Å². The third kappa shape index (κ3) is 2.54. The topological polar surface area (TPSA) is 119 Å². The monoisotopic (exact) mass is 377 g/mol. The number of hydrogen-bond donors (Lipinski definition) is 3. The average molecular weight is 378 g/mol. The third-order valence-electron chi connectivity index (χ3n) is 3.32. The molecule has 4 rings (SSSR count). The molecule has 0 aliphatic heterocycles. The van der Waals surface area contributed by atoms with Crippen LogP contribution in [0.1, 0.15) is 0 Å². The Morgan fingerprint density at radius 1 is 1.04 bits per heavy atom. The average Bonchev–Trinajstić information content (AvgIpc) is 3.12. The largest absolute Gasteiger partial charge is 0.368 e. The molecule has 0 unspecified atom stereocenters. The zero-order chi connectivity index (χ0) is 16.8. The minimum absolute atomic E-state index is 0.159. The Morgan fingerprint density at radius 3 is 2.58 bits per heavy atom. The van der Waals surface area contributed by atoms with Gasteiger partial charge in [0.05, 0.1) is 15.6 Å². The van der Waals surface area contributed by atoms with Crippen LogP contribution in [0.2, 0.25) is 10.0 Å². The van der Waals surface area contributed by atoms with Gasteiger partial charge in [0.1, 0.15) is 4.83 Å². The lowest BCUT2D eigenvalue weighted by molar-refractivity contribution is 1.11. The third-order valence-corrected chi connectivity index (χ3v) is 4.89. The number of rotatable bonds is 2. The number of aromatic amines is 1. The van der Waals surface area contributed by atoms with E-state index in [2.05, 4.69) is 25.1 Å². The van der Waals surface area contributed by atoms with Crippen molar-refractivity contribution in [1.29, 1.82) is 0 Å². The van der Waals surface area contributed by atoms with E-state index in [1.165, 1.54) is 11.3 Å². The van der Waals surface area contributed by atoms with E-state index in [1.807, 2.05) is 6.07 Å². The fraction of sp³-hybridized carbons (Fsp3) is 0. The van der Waals surface area contributed by atoms with Gasteiger partial charge in [-0.15, -0.1) is 11.3 Å². The maximum atomic E-state index is 6.32. The molecule has 7 nitrogen and oxygen atoms in total. The van der Waals surface area contributed by atoms with Crippen LogP contribution in [0.5, 0.6) is 0 Å². The summed E-state index contributed by atoms with van der Waals surface area (Å²) in [7, 11) is 0. The van der Waals surface area contributed by atoms with Crippen molar-refractivity contribution in [2.75, 3.05) is 11.5 Å². The van der Waals surface area contributed by atoms with Gasteiger partial charge in [-0.25, -0.2) is 15.1 Å². The summed E-state index contributed by atoms with van der Waals surface area (Å²) < 4.78 is 0. The van der Waals surface area contributed by atoms with Gasteiger partial charge in [0, 0.05) is 16.0 Å².